The number of aliphatic hydroxyl groups is 1. The van der Waals surface area contributed by atoms with Crippen LogP contribution in [0.1, 0.15) is 50.3 Å². The first-order valence-electron chi connectivity index (χ1n) is 5.85. The number of hydrogen-bond acceptors (Lipinski definition) is 1. The number of rotatable bonds is 5. The van der Waals surface area contributed by atoms with Gasteiger partial charge >= 0.3 is 0 Å². The Labute approximate surface area is 93.1 Å². The lowest BCUT2D eigenvalue weighted by atomic mass is 9.97. The molecule has 1 aromatic carbocycles. The van der Waals surface area contributed by atoms with Crippen molar-refractivity contribution in [3.63, 3.8) is 0 Å². The molecule has 0 radical (unpaired) electrons. The number of aryl methyl sites for hydroxylation is 1. The van der Waals surface area contributed by atoms with Crippen LogP contribution in [0.15, 0.2) is 24.3 Å². The van der Waals surface area contributed by atoms with Crippen molar-refractivity contribution in [3.05, 3.63) is 35.4 Å². The van der Waals surface area contributed by atoms with E-state index in [4.69, 9.17) is 0 Å². The maximum Gasteiger partial charge on any atom is 0.0792 e. The lowest BCUT2D eigenvalue weighted by molar-refractivity contribution is 0.161. The lowest BCUT2D eigenvalue weighted by Gasteiger charge is -2.14. The standard InChI is InChI=1S/C14H22O/c1-11(2)7-6-10-14(15)13-9-5-4-8-12(13)3/h4-5,8-9,11,14-15H,6-7,10H2,1-3H3. The van der Waals surface area contributed by atoms with E-state index >= 15 is 0 Å². The highest BCUT2D eigenvalue weighted by molar-refractivity contribution is 5.27. The van der Waals surface area contributed by atoms with E-state index in [1.165, 1.54) is 12.0 Å². The molecule has 1 rings (SSSR count). The third kappa shape index (κ3) is 4.05. The fraction of sp³-hybridized carbons (Fsp3) is 0.571. The molecular formula is C14H22O. The monoisotopic (exact) mass is 206 g/mol. The van der Waals surface area contributed by atoms with Gasteiger partial charge in [0.25, 0.3) is 0 Å². The van der Waals surface area contributed by atoms with Gasteiger partial charge in [0.1, 0.15) is 0 Å². The van der Waals surface area contributed by atoms with Crippen LogP contribution in [0, 0.1) is 12.8 Å². The van der Waals surface area contributed by atoms with Crippen LogP contribution in [0.25, 0.3) is 0 Å². The summed E-state index contributed by atoms with van der Waals surface area (Å²) in [6.45, 7) is 6.50. The molecule has 0 bridgehead atoms. The van der Waals surface area contributed by atoms with E-state index in [0.717, 1.165) is 24.3 Å². The van der Waals surface area contributed by atoms with Gasteiger partial charge in [-0.25, -0.2) is 0 Å². The fourth-order valence-electron chi connectivity index (χ4n) is 1.84. The Kier molecular flexibility index (Phi) is 4.83. The van der Waals surface area contributed by atoms with Crippen molar-refractivity contribution in [3.8, 4) is 0 Å². The van der Waals surface area contributed by atoms with Crippen LogP contribution in [-0.4, -0.2) is 5.11 Å². The van der Waals surface area contributed by atoms with Crippen molar-refractivity contribution in [1.29, 1.82) is 0 Å². The van der Waals surface area contributed by atoms with Gasteiger partial charge in [-0.2, -0.15) is 0 Å². The van der Waals surface area contributed by atoms with Gasteiger partial charge in [0.15, 0.2) is 0 Å². The maximum atomic E-state index is 10.0. The number of hydrogen-bond donors (Lipinski definition) is 1. The molecule has 0 amide bonds. The normalized spacial score (nSPS) is 13.1. The summed E-state index contributed by atoms with van der Waals surface area (Å²) in [5.74, 6) is 0.731. The third-order valence-corrected chi connectivity index (χ3v) is 2.81. The smallest absolute Gasteiger partial charge is 0.0792 e. The van der Waals surface area contributed by atoms with Gasteiger partial charge in [-0.05, 0) is 30.4 Å². The molecule has 1 nitrogen and oxygen atoms in total. The molecule has 1 aromatic rings. The van der Waals surface area contributed by atoms with Crippen molar-refractivity contribution in [2.75, 3.05) is 0 Å². The summed E-state index contributed by atoms with van der Waals surface area (Å²) in [6, 6.07) is 8.09. The van der Waals surface area contributed by atoms with Crippen LogP contribution >= 0.6 is 0 Å². The van der Waals surface area contributed by atoms with E-state index in [0.29, 0.717) is 0 Å². The zero-order valence-electron chi connectivity index (χ0n) is 10.0. The number of benzene rings is 1. The molecule has 0 aromatic heterocycles. The van der Waals surface area contributed by atoms with E-state index in [9.17, 15) is 5.11 Å². The minimum atomic E-state index is -0.287. The second-order valence-electron chi connectivity index (χ2n) is 4.70. The van der Waals surface area contributed by atoms with Gasteiger partial charge in [0, 0.05) is 0 Å². The molecule has 84 valence electrons. The highest BCUT2D eigenvalue weighted by Crippen LogP contribution is 2.23. The molecule has 0 heterocycles. The fourth-order valence-corrected chi connectivity index (χ4v) is 1.84. The van der Waals surface area contributed by atoms with Gasteiger partial charge in [-0.15, -0.1) is 0 Å². The summed E-state index contributed by atoms with van der Waals surface area (Å²) in [5, 5.41) is 10.0. The first-order chi connectivity index (χ1) is 7.11. The quantitative estimate of drug-likeness (QED) is 0.775. The Hall–Kier alpha value is -0.820. The van der Waals surface area contributed by atoms with Crippen LogP contribution in [0.4, 0.5) is 0 Å². The van der Waals surface area contributed by atoms with E-state index < -0.39 is 0 Å². The van der Waals surface area contributed by atoms with Crippen LogP contribution < -0.4 is 0 Å². The predicted octanol–water partition coefficient (Wildman–Crippen LogP) is 3.85. The molecule has 0 saturated carbocycles. The van der Waals surface area contributed by atoms with Gasteiger partial charge in [0.2, 0.25) is 0 Å². The minimum Gasteiger partial charge on any atom is -0.388 e. The van der Waals surface area contributed by atoms with Crippen molar-refractivity contribution >= 4 is 0 Å². The summed E-state index contributed by atoms with van der Waals surface area (Å²) in [5.41, 5.74) is 2.27. The maximum absolute atomic E-state index is 10.0. The van der Waals surface area contributed by atoms with Gasteiger partial charge in [0.05, 0.1) is 6.10 Å². The molecule has 1 atom stereocenters. The van der Waals surface area contributed by atoms with Crippen molar-refractivity contribution in [2.45, 2.75) is 46.1 Å². The lowest BCUT2D eigenvalue weighted by Crippen LogP contribution is -2.00. The van der Waals surface area contributed by atoms with Gasteiger partial charge in [-0.1, -0.05) is 51.0 Å². The summed E-state index contributed by atoms with van der Waals surface area (Å²) >= 11 is 0. The van der Waals surface area contributed by atoms with Crippen molar-refractivity contribution < 1.29 is 5.11 Å². The molecule has 0 aliphatic rings. The predicted molar refractivity (Wildman–Crippen MR) is 64.8 cm³/mol. The summed E-state index contributed by atoms with van der Waals surface area (Å²) in [7, 11) is 0. The molecular weight excluding hydrogens is 184 g/mol. The zero-order valence-corrected chi connectivity index (χ0v) is 10.0. The molecule has 1 N–H and O–H groups in total. The third-order valence-electron chi connectivity index (χ3n) is 2.81. The van der Waals surface area contributed by atoms with Crippen LogP contribution in [0.2, 0.25) is 0 Å². The van der Waals surface area contributed by atoms with E-state index in [-0.39, 0.29) is 6.10 Å². The second-order valence-corrected chi connectivity index (χ2v) is 4.70. The molecule has 15 heavy (non-hydrogen) atoms. The second kappa shape index (κ2) is 5.92. The minimum absolute atomic E-state index is 0.287. The van der Waals surface area contributed by atoms with Crippen LogP contribution in [0.5, 0.6) is 0 Å². The SMILES string of the molecule is Cc1ccccc1C(O)CCCC(C)C. The summed E-state index contributed by atoms with van der Waals surface area (Å²) < 4.78 is 0. The number of aliphatic hydroxyl groups excluding tert-OH is 1. The Morgan fingerprint density at radius 1 is 1.13 bits per heavy atom. The summed E-state index contributed by atoms with van der Waals surface area (Å²) in [6.07, 6.45) is 2.89. The van der Waals surface area contributed by atoms with E-state index in [1.807, 2.05) is 18.2 Å². The van der Waals surface area contributed by atoms with Gasteiger partial charge < -0.3 is 5.11 Å². The topological polar surface area (TPSA) is 20.2 Å². The van der Waals surface area contributed by atoms with E-state index in [1.54, 1.807) is 0 Å². The average molecular weight is 206 g/mol. The van der Waals surface area contributed by atoms with Crippen LogP contribution in [0.3, 0.4) is 0 Å². The molecule has 1 heteroatoms. The largest absolute Gasteiger partial charge is 0.388 e. The molecule has 0 aliphatic carbocycles. The molecule has 1 unspecified atom stereocenters. The van der Waals surface area contributed by atoms with E-state index in [2.05, 4.69) is 26.8 Å². The van der Waals surface area contributed by atoms with Crippen molar-refractivity contribution in [2.24, 2.45) is 5.92 Å². The zero-order chi connectivity index (χ0) is 11.3. The first kappa shape index (κ1) is 12.3. The Morgan fingerprint density at radius 3 is 2.40 bits per heavy atom. The highest BCUT2D eigenvalue weighted by Gasteiger charge is 2.09. The Morgan fingerprint density at radius 2 is 1.80 bits per heavy atom. The average Bonchev–Trinajstić information content (AvgIpc) is 2.17. The van der Waals surface area contributed by atoms with Gasteiger partial charge in [-0.3, -0.25) is 0 Å². The van der Waals surface area contributed by atoms with Crippen LogP contribution in [-0.2, 0) is 0 Å². The molecule has 0 aliphatic heterocycles. The molecule has 0 fully saturated rings. The summed E-state index contributed by atoms with van der Waals surface area (Å²) in [4.78, 5) is 0. The molecule has 0 spiro atoms. The molecule has 0 saturated heterocycles. The first-order valence-corrected chi connectivity index (χ1v) is 5.85. The van der Waals surface area contributed by atoms with Crippen molar-refractivity contribution in [1.82, 2.24) is 0 Å². The Balaban J connectivity index is 2.47. The Bertz CT molecular complexity index is 291. The highest BCUT2D eigenvalue weighted by atomic mass is 16.3.